The smallest absolute Gasteiger partial charge is 0.341 e. The lowest BCUT2D eigenvalue weighted by molar-refractivity contribution is 0.0527. The molecule has 0 radical (unpaired) electrons. The lowest BCUT2D eigenvalue weighted by Gasteiger charge is -2.15. The maximum Gasteiger partial charge on any atom is 0.341 e. The molecule has 6 heteroatoms. The van der Waals surface area contributed by atoms with E-state index >= 15 is 0 Å². The Balaban J connectivity index is 2.61. The lowest BCUT2D eigenvalue weighted by atomic mass is 10.1. The lowest BCUT2D eigenvalue weighted by Crippen LogP contribution is -2.12. The highest BCUT2D eigenvalue weighted by Gasteiger charge is 2.18. The minimum atomic E-state index is -0.403. The number of ether oxygens (including phenoxy) is 2. The number of carbonyl (C=O) groups excluding carboxylic acids is 1. The maximum atomic E-state index is 12.2. The summed E-state index contributed by atoms with van der Waals surface area (Å²) in [6.45, 7) is 4.94. The summed E-state index contributed by atoms with van der Waals surface area (Å²) < 4.78 is 10.5. The van der Waals surface area contributed by atoms with Gasteiger partial charge in [-0.3, -0.25) is 4.98 Å². The van der Waals surface area contributed by atoms with E-state index in [1.54, 1.807) is 26.2 Å². The minimum Gasteiger partial charge on any atom is -0.494 e. The van der Waals surface area contributed by atoms with Crippen LogP contribution in [-0.4, -0.2) is 31.2 Å². The summed E-state index contributed by atoms with van der Waals surface area (Å²) in [6.07, 6.45) is 3.56. The second kappa shape index (κ2) is 8.02. The molecular weight excluding hydrogens is 316 g/mol. The van der Waals surface area contributed by atoms with E-state index in [4.69, 9.17) is 21.1 Å². The molecule has 2 rings (SSSR count). The fourth-order valence-corrected chi connectivity index (χ4v) is 2.54. The minimum absolute atomic E-state index is 0.310. The number of carbonyl (C=O) groups is 1. The number of halogens is 1. The van der Waals surface area contributed by atoms with Crippen molar-refractivity contribution in [2.45, 2.75) is 26.7 Å². The Morgan fingerprint density at radius 3 is 2.78 bits per heavy atom. The van der Waals surface area contributed by atoms with E-state index in [1.807, 2.05) is 0 Å². The van der Waals surface area contributed by atoms with Gasteiger partial charge in [-0.2, -0.15) is 0 Å². The van der Waals surface area contributed by atoms with Crippen LogP contribution in [0, 0.1) is 0 Å². The number of nitrogens with zero attached hydrogens (tertiary/aromatic N) is 1. The Morgan fingerprint density at radius 1 is 1.35 bits per heavy atom. The van der Waals surface area contributed by atoms with Crippen LogP contribution in [0.15, 0.2) is 18.3 Å². The third kappa shape index (κ3) is 3.85. The summed E-state index contributed by atoms with van der Waals surface area (Å²) in [5.41, 5.74) is 1.74. The number of rotatable bonds is 7. The zero-order chi connectivity index (χ0) is 16.8. The number of hydrogen-bond donors (Lipinski definition) is 1. The molecule has 0 unspecified atom stereocenters. The van der Waals surface area contributed by atoms with Crippen molar-refractivity contribution >= 4 is 34.2 Å². The summed E-state index contributed by atoms with van der Waals surface area (Å²) in [6, 6.07) is 3.49. The predicted molar refractivity (Wildman–Crippen MR) is 92.7 cm³/mol. The number of nitrogens with one attached hydrogen (secondary N) is 1. The molecule has 1 N–H and O–H groups in total. The summed E-state index contributed by atoms with van der Waals surface area (Å²) in [7, 11) is 1.57. The molecule has 0 saturated heterocycles. The third-order valence-electron chi connectivity index (χ3n) is 3.45. The molecule has 0 bridgehead atoms. The average Bonchev–Trinajstić information content (AvgIpc) is 2.54. The summed E-state index contributed by atoms with van der Waals surface area (Å²) in [4.78, 5) is 16.6. The van der Waals surface area contributed by atoms with Gasteiger partial charge in [-0.15, -0.1) is 0 Å². The van der Waals surface area contributed by atoms with E-state index in [9.17, 15) is 4.79 Å². The van der Waals surface area contributed by atoms with Crippen molar-refractivity contribution in [3.05, 3.63) is 28.9 Å². The molecular formula is C17H21ClN2O3. The Hall–Kier alpha value is -2.01. The van der Waals surface area contributed by atoms with Crippen molar-refractivity contribution in [3.63, 3.8) is 0 Å². The van der Waals surface area contributed by atoms with Crippen LogP contribution in [0.1, 0.15) is 37.0 Å². The van der Waals surface area contributed by atoms with E-state index in [0.29, 0.717) is 34.1 Å². The van der Waals surface area contributed by atoms with Crippen molar-refractivity contribution in [3.8, 4) is 5.75 Å². The van der Waals surface area contributed by atoms with E-state index in [1.165, 1.54) is 6.20 Å². The number of unbranched alkanes of at least 4 members (excludes halogenated alkanes) is 1. The number of benzene rings is 1. The van der Waals surface area contributed by atoms with Crippen LogP contribution >= 0.6 is 11.6 Å². The van der Waals surface area contributed by atoms with E-state index < -0.39 is 5.97 Å². The summed E-state index contributed by atoms with van der Waals surface area (Å²) >= 11 is 6.18. The largest absolute Gasteiger partial charge is 0.494 e. The van der Waals surface area contributed by atoms with Gasteiger partial charge in [-0.1, -0.05) is 24.9 Å². The molecule has 23 heavy (non-hydrogen) atoms. The van der Waals surface area contributed by atoms with Crippen molar-refractivity contribution in [1.29, 1.82) is 0 Å². The summed E-state index contributed by atoms with van der Waals surface area (Å²) in [5, 5.41) is 4.59. The van der Waals surface area contributed by atoms with Crippen LogP contribution in [0.4, 0.5) is 5.69 Å². The van der Waals surface area contributed by atoms with Gasteiger partial charge < -0.3 is 14.8 Å². The monoisotopic (exact) mass is 336 g/mol. The van der Waals surface area contributed by atoms with Gasteiger partial charge in [0.15, 0.2) is 0 Å². The molecule has 1 heterocycles. The predicted octanol–water partition coefficient (Wildman–Crippen LogP) is 4.29. The van der Waals surface area contributed by atoms with Crippen molar-refractivity contribution < 1.29 is 14.3 Å². The second-order valence-electron chi connectivity index (χ2n) is 5.05. The van der Waals surface area contributed by atoms with E-state index in [-0.39, 0.29) is 0 Å². The third-order valence-corrected chi connectivity index (χ3v) is 3.67. The number of fused-ring (bicyclic) bond motifs is 1. The van der Waals surface area contributed by atoms with Gasteiger partial charge in [-0.05, 0) is 19.4 Å². The molecule has 0 spiro atoms. The Kier molecular flexibility index (Phi) is 6.04. The van der Waals surface area contributed by atoms with Crippen molar-refractivity contribution in [1.82, 2.24) is 4.98 Å². The van der Waals surface area contributed by atoms with Gasteiger partial charge in [0.25, 0.3) is 0 Å². The number of anilines is 1. The van der Waals surface area contributed by atoms with E-state index in [0.717, 1.165) is 24.8 Å². The molecule has 5 nitrogen and oxygen atoms in total. The number of methoxy groups -OCH3 is 1. The van der Waals surface area contributed by atoms with Gasteiger partial charge in [0.1, 0.15) is 16.8 Å². The Morgan fingerprint density at radius 2 is 2.13 bits per heavy atom. The highest BCUT2D eigenvalue weighted by Crippen LogP contribution is 2.35. The van der Waals surface area contributed by atoms with Crippen LogP contribution in [-0.2, 0) is 4.74 Å². The highest BCUT2D eigenvalue weighted by atomic mass is 35.5. The molecule has 0 aliphatic heterocycles. The first kappa shape index (κ1) is 17.3. The Bertz CT molecular complexity index is 704. The fourth-order valence-electron chi connectivity index (χ4n) is 2.34. The Labute approximate surface area is 140 Å². The van der Waals surface area contributed by atoms with Crippen molar-refractivity contribution in [2.75, 3.05) is 25.6 Å². The molecule has 0 saturated carbocycles. The highest BCUT2D eigenvalue weighted by molar-refractivity contribution is 6.32. The number of esters is 1. The topological polar surface area (TPSA) is 60.5 Å². The fraction of sp³-hybridized carbons (Fsp3) is 0.412. The molecule has 0 aliphatic carbocycles. The number of hydrogen-bond acceptors (Lipinski definition) is 5. The zero-order valence-electron chi connectivity index (χ0n) is 13.6. The average molecular weight is 337 g/mol. The molecule has 2 aromatic rings. The van der Waals surface area contributed by atoms with Gasteiger partial charge in [0, 0.05) is 29.2 Å². The molecule has 0 atom stereocenters. The van der Waals surface area contributed by atoms with Gasteiger partial charge >= 0.3 is 5.97 Å². The zero-order valence-corrected chi connectivity index (χ0v) is 14.4. The molecule has 1 aromatic carbocycles. The quantitative estimate of drug-likeness (QED) is 0.604. The SMILES string of the molecule is CCCCNc1c(C(=O)OCC)cnc2c(OC)cc(Cl)cc12. The second-order valence-corrected chi connectivity index (χ2v) is 5.49. The number of aromatic nitrogens is 1. The first-order valence-electron chi connectivity index (χ1n) is 7.69. The van der Waals surface area contributed by atoms with Crippen molar-refractivity contribution in [2.24, 2.45) is 0 Å². The maximum absolute atomic E-state index is 12.2. The molecule has 0 aliphatic rings. The van der Waals surface area contributed by atoms with Crippen LogP contribution in [0.3, 0.4) is 0 Å². The van der Waals surface area contributed by atoms with Crippen LogP contribution in [0.2, 0.25) is 5.02 Å². The molecule has 0 amide bonds. The molecule has 124 valence electrons. The molecule has 1 aromatic heterocycles. The van der Waals surface area contributed by atoms with Crippen LogP contribution in [0.5, 0.6) is 5.75 Å². The van der Waals surface area contributed by atoms with Crippen LogP contribution < -0.4 is 10.1 Å². The van der Waals surface area contributed by atoms with Crippen LogP contribution in [0.25, 0.3) is 10.9 Å². The standard InChI is InChI=1S/C17H21ClN2O3/c1-4-6-7-19-15-12-8-11(18)9-14(22-3)16(12)20-10-13(15)17(21)23-5-2/h8-10H,4-7H2,1-3H3,(H,19,20). The van der Waals surface area contributed by atoms with Gasteiger partial charge in [-0.25, -0.2) is 4.79 Å². The number of pyridine rings is 1. The summed E-state index contributed by atoms with van der Waals surface area (Å²) in [5.74, 6) is 0.168. The normalized spacial score (nSPS) is 10.6. The first-order valence-corrected chi connectivity index (χ1v) is 8.07. The van der Waals surface area contributed by atoms with Gasteiger partial charge in [0.2, 0.25) is 0 Å². The molecule has 0 fully saturated rings. The van der Waals surface area contributed by atoms with Gasteiger partial charge in [0.05, 0.1) is 19.4 Å². The van der Waals surface area contributed by atoms with E-state index in [2.05, 4.69) is 17.2 Å². The first-order chi connectivity index (χ1) is 11.1.